The number of hydrogen-bond donors (Lipinski definition) is 2. The number of phenolic OH excluding ortho intramolecular Hbond substituents is 1. The number of rotatable bonds is 4. The molecule has 104 valence electrons. The average Bonchev–Trinajstić information content (AvgIpc) is 2.73. The van der Waals surface area contributed by atoms with Gasteiger partial charge < -0.3 is 10.4 Å². The maximum absolute atomic E-state index is 11.8. The minimum atomic E-state index is -0.556. The number of nitrogens with one attached hydrogen (secondary N) is 1. The number of aromatic nitrogens is 2. The van der Waals surface area contributed by atoms with Crippen LogP contribution >= 0.6 is 0 Å². The first-order valence-electron chi connectivity index (χ1n) is 5.73. The highest BCUT2D eigenvalue weighted by atomic mass is 16.6. The Kier molecular flexibility index (Phi) is 3.65. The summed E-state index contributed by atoms with van der Waals surface area (Å²) in [6, 6.07) is 6.28. The summed E-state index contributed by atoms with van der Waals surface area (Å²) in [5.74, 6) is -0.493. The summed E-state index contributed by atoms with van der Waals surface area (Å²) >= 11 is 0. The molecule has 0 aliphatic rings. The van der Waals surface area contributed by atoms with Gasteiger partial charge >= 0.3 is 5.69 Å². The Labute approximate surface area is 113 Å². The second-order valence-corrected chi connectivity index (χ2v) is 4.12. The van der Waals surface area contributed by atoms with E-state index in [1.807, 2.05) is 0 Å². The smallest absolute Gasteiger partial charge is 0.309 e. The third-order valence-electron chi connectivity index (χ3n) is 2.60. The molecule has 2 aromatic rings. The van der Waals surface area contributed by atoms with E-state index in [1.165, 1.54) is 23.9 Å². The van der Waals surface area contributed by atoms with Crippen molar-refractivity contribution in [2.45, 2.75) is 13.5 Å². The molecule has 1 aromatic heterocycles. The maximum atomic E-state index is 11.8. The van der Waals surface area contributed by atoms with Crippen molar-refractivity contribution in [1.29, 1.82) is 0 Å². The van der Waals surface area contributed by atoms with Crippen molar-refractivity contribution < 1.29 is 14.8 Å². The van der Waals surface area contributed by atoms with Crippen molar-refractivity contribution in [2.24, 2.45) is 0 Å². The number of phenols is 1. The number of amides is 1. The number of hydrogen-bond acceptors (Lipinski definition) is 5. The summed E-state index contributed by atoms with van der Waals surface area (Å²) in [7, 11) is 0. The Hall–Kier alpha value is -2.90. The Balaban J connectivity index is 2.07. The highest BCUT2D eigenvalue weighted by Gasteiger charge is 2.16. The van der Waals surface area contributed by atoms with Crippen LogP contribution in [-0.4, -0.2) is 25.7 Å². The molecular formula is C12H12N4O4. The van der Waals surface area contributed by atoms with Gasteiger partial charge in [-0.2, -0.15) is 5.10 Å². The molecule has 1 aromatic carbocycles. The van der Waals surface area contributed by atoms with Gasteiger partial charge in [0.1, 0.15) is 24.2 Å². The highest BCUT2D eigenvalue weighted by molar-refractivity contribution is 5.91. The Bertz CT molecular complexity index is 665. The van der Waals surface area contributed by atoms with Crippen molar-refractivity contribution in [1.82, 2.24) is 9.78 Å². The topological polar surface area (TPSA) is 110 Å². The zero-order valence-corrected chi connectivity index (χ0v) is 10.6. The van der Waals surface area contributed by atoms with E-state index in [0.717, 1.165) is 0 Å². The molecule has 2 rings (SSSR count). The molecule has 20 heavy (non-hydrogen) atoms. The molecule has 8 nitrogen and oxygen atoms in total. The van der Waals surface area contributed by atoms with Gasteiger partial charge in [-0.1, -0.05) is 12.1 Å². The van der Waals surface area contributed by atoms with E-state index in [4.69, 9.17) is 0 Å². The lowest BCUT2D eigenvalue weighted by Crippen LogP contribution is -2.19. The number of carbonyl (C=O) groups excluding carboxylic acids is 1. The molecule has 0 saturated carbocycles. The van der Waals surface area contributed by atoms with Gasteiger partial charge in [0.2, 0.25) is 5.91 Å². The molecule has 8 heteroatoms. The average molecular weight is 276 g/mol. The van der Waals surface area contributed by atoms with Crippen molar-refractivity contribution in [3.8, 4) is 5.75 Å². The molecular weight excluding hydrogens is 264 g/mol. The number of nitro groups is 1. The molecule has 1 amide bonds. The molecule has 1 heterocycles. The number of anilines is 1. The van der Waals surface area contributed by atoms with Crippen LogP contribution in [0.15, 0.2) is 30.5 Å². The van der Waals surface area contributed by atoms with Gasteiger partial charge in [0.15, 0.2) is 0 Å². The van der Waals surface area contributed by atoms with Gasteiger partial charge in [-0.15, -0.1) is 0 Å². The molecule has 0 spiro atoms. The van der Waals surface area contributed by atoms with Crippen molar-refractivity contribution in [3.63, 3.8) is 0 Å². The van der Waals surface area contributed by atoms with E-state index in [1.54, 1.807) is 18.2 Å². The van der Waals surface area contributed by atoms with Gasteiger partial charge in [0.05, 0.1) is 10.6 Å². The summed E-state index contributed by atoms with van der Waals surface area (Å²) in [4.78, 5) is 21.9. The normalized spacial score (nSPS) is 10.2. The van der Waals surface area contributed by atoms with Gasteiger partial charge in [-0.05, 0) is 19.1 Å². The second kappa shape index (κ2) is 5.39. The van der Waals surface area contributed by atoms with Crippen molar-refractivity contribution >= 4 is 17.3 Å². The van der Waals surface area contributed by atoms with Gasteiger partial charge in [-0.25, -0.2) is 0 Å². The van der Waals surface area contributed by atoms with E-state index in [0.29, 0.717) is 0 Å². The fourth-order valence-corrected chi connectivity index (χ4v) is 1.68. The van der Waals surface area contributed by atoms with Crippen LogP contribution in [0.3, 0.4) is 0 Å². The predicted octanol–water partition coefficient (Wildman–Crippen LogP) is 1.44. The zero-order valence-electron chi connectivity index (χ0n) is 10.6. The fraction of sp³-hybridized carbons (Fsp3) is 0.167. The quantitative estimate of drug-likeness (QED) is 0.498. The maximum Gasteiger partial charge on any atom is 0.309 e. The first-order chi connectivity index (χ1) is 9.47. The van der Waals surface area contributed by atoms with E-state index < -0.39 is 10.8 Å². The van der Waals surface area contributed by atoms with E-state index in [2.05, 4.69) is 10.4 Å². The van der Waals surface area contributed by atoms with Crippen molar-refractivity contribution in [2.75, 3.05) is 5.32 Å². The third kappa shape index (κ3) is 2.91. The van der Waals surface area contributed by atoms with Crippen LogP contribution in [0.2, 0.25) is 0 Å². The Morgan fingerprint density at radius 2 is 2.20 bits per heavy atom. The van der Waals surface area contributed by atoms with Gasteiger partial charge in [0, 0.05) is 0 Å². The molecule has 0 radical (unpaired) electrons. The lowest BCUT2D eigenvalue weighted by atomic mass is 10.3. The molecule has 0 saturated heterocycles. The molecule has 0 aliphatic heterocycles. The largest absolute Gasteiger partial charge is 0.506 e. The number of para-hydroxylation sites is 2. The van der Waals surface area contributed by atoms with Crippen LogP contribution in [0.5, 0.6) is 5.75 Å². The van der Waals surface area contributed by atoms with Crippen LogP contribution in [0.25, 0.3) is 0 Å². The Morgan fingerprint density at radius 3 is 2.80 bits per heavy atom. The monoisotopic (exact) mass is 276 g/mol. The number of aromatic hydroxyl groups is 1. The van der Waals surface area contributed by atoms with Crippen molar-refractivity contribution in [3.05, 3.63) is 46.3 Å². The molecule has 0 bridgehead atoms. The first-order valence-corrected chi connectivity index (χ1v) is 5.73. The van der Waals surface area contributed by atoms with Crippen LogP contribution in [0, 0.1) is 17.0 Å². The van der Waals surface area contributed by atoms with Crippen LogP contribution in [-0.2, 0) is 11.3 Å². The van der Waals surface area contributed by atoms with E-state index in [9.17, 15) is 20.0 Å². The first kappa shape index (κ1) is 13.5. The van der Waals surface area contributed by atoms with Crippen LogP contribution in [0.4, 0.5) is 11.4 Å². The zero-order chi connectivity index (χ0) is 14.7. The summed E-state index contributed by atoms with van der Waals surface area (Å²) in [6.07, 6.45) is 1.19. The number of carbonyl (C=O) groups is 1. The second-order valence-electron chi connectivity index (χ2n) is 4.12. The third-order valence-corrected chi connectivity index (χ3v) is 2.60. The fourth-order valence-electron chi connectivity index (χ4n) is 1.68. The minimum Gasteiger partial charge on any atom is -0.506 e. The summed E-state index contributed by atoms with van der Waals surface area (Å²) in [5, 5.41) is 26.6. The van der Waals surface area contributed by atoms with Gasteiger partial charge in [0.25, 0.3) is 0 Å². The summed E-state index contributed by atoms with van der Waals surface area (Å²) in [6.45, 7) is 1.32. The molecule has 0 aliphatic carbocycles. The van der Waals surface area contributed by atoms with Crippen LogP contribution in [0.1, 0.15) is 5.69 Å². The van der Waals surface area contributed by atoms with E-state index >= 15 is 0 Å². The number of nitrogens with zero attached hydrogens (tertiary/aromatic N) is 3. The SMILES string of the molecule is Cc1nn(CC(=O)Nc2ccccc2O)cc1[N+](=O)[O-]. The molecule has 0 atom stereocenters. The number of aryl methyl sites for hydroxylation is 1. The standard InChI is InChI=1S/C12H12N4O4/c1-8-10(16(19)20)6-15(14-8)7-12(18)13-9-4-2-3-5-11(9)17/h2-6,17H,7H2,1H3,(H,13,18). The lowest BCUT2D eigenvalue weighted by molar-refractivity contribution is -0.385. The van der Waals surface area contributed by atoms with E-state index in [-0.39, 0.29) is 29.4 Å². The number of benzene rings is 1. The predicted molar refractivity (Wildman–Crippen MR) is 70.4 cm³/mol. The highest BCUT2D eigenvalue weighted by Crippen LogP contribution is 2.21. The lowest BCUT2D eigenvalue weighted by Gasteiger charge is -2.06. The molecule has 0 fully saturated rings. The molecule has 0 unspecified atom stereocenters. The summed E-state index contributed by atoms with van der Waals surface area (Å²) < 4.78 is 1.18. The summed E-state index contributed by atoms with van der Waals surface area (Å²) in [5.41, 5.74) is 0.376. The Morgan fingerprint density at radius 1 is 1.50 bits per heavy atom. The van der Waals surface area contributed by atoms with Crippen LogP contribution < -0.4 is 5.32 Å². The van der Waals surface area contributed by atoms with Gasteiger partial charge in [-0.3, -0.25) is 19.6 Å². The minimum absolute atomic E-state index is 0.0523. The molecule has 2 N–H and O–H groups in total.